The van der Waals surface area contributed by atoms with Crippen molar-refractivity contribution in [3.05, 3.63) is 0 Å². The van der Waals surface area contributed by atoms with Crippen LogP contribution in [-0.2, 0) is 0 Å². The van der Waals surface area contributed by atoms with Crippen LogP contribution < -0.4 is 0 Å². The Hall–Kier alpha value is 0.640. The molecule has 0 unspecified atom stereocenters. The molecule has 1 rings (SSSR count). The number of thioether (sulfide) groups is 1. The van der Waals surface area contributed by atoms with Gasteiger partial charge >= 0.3 is 0 Å². The molecule has 0 aromatic rings. The monoisotopic (exact) mass is 192 g/mol. The second kappa shape index (κ2) is 4.61. The fraction of sp³-hybridized carbons (Fsp3) is 1.00. The van der Waals surface area contributed by atoms with Gasteiger partial charge in [0.25, 0.3) is 0 Å². The number of hydrogen-bond acceptors (Lipinski definition) is 1. The summed E-state index contributed by atoms with van der Waals surface area (Å²) in [5.41, 5.74) is 0.532. The maximum Gasteiger partial charge on any atom is 0.0280 e. The minimum atomic E-state index is 0.532. The Labute approximate surface area is 79.1 Å². The van der Waals surface area contributed by atoms with E-state index in [1.807, 2.05) is 11.8 Å². The van der Waals surface area contributed by atoms with Crippen molar-refractivity contribution in [2.75, 3.05) is 17.9 Å². The highest BCUT2D eigenvalue weighted by Gasteiger charge is 2.31. The average Bonchev–Trinajstić information content (AvgIpc) is 2.50. The molecule has 0 spiro atoms. The number of halogens is 1. The molecule has 11 heavy (non-hydrogen) atoms. The molecule has 0 saturated heterocycles. The smallest absolute Gasteiger partial charge is 0.0280 e. The molecule has 66 valence electrons. The summed E-state index contributed by atoms with van der Waals surface area (Å²) in [5.74, 6) is 2.17. The largest absolute Gasteiger partial charge is 0.165 e. The third kappa shape index (κ3) is 2.55. The van der Waals surface area contributed by atoms with Crippen LogP contribution in [0.3, 0.4) is 0 Å². The van der Waals surface area contributed by atoms with Crippen molar-refractivity contribution in [3.8, 4) is 0 Å². The molecule has 1 aliphatic carbocycles. The van der Waals surface area contributed by atoms with E-state index in [0.717, 1.165) is 5.88 Å². The normalized spacial score (nSPS) is 22.4. The van der Waals surface area contributed by atoms with Crippen LogP contribution >= 0.6 is 23.4 Å². The molecule has 0 amide bonds. The Morgan fingerprint density at radius 3 is 2.45 bits per heavy atom. The zero-order valence-corrected chi connectivity index (χ0v) is 8.81. The van der Waals surface area contributed by atoms with Gasteiger partial charge in [-0.2, -0.15) is 11.8 Å². The van der Waals surface area contributed by atoms with E-state index >= 15 is 0 Å². The molecule has 0 nitrogen and oxygen atoms in total. The van der Waals surface area contributed by atoms with Gasteiger partial charge in [0.1, 0.15) is 0 Å². The van der Waals surface area contributed by atoms with Crippen LogP contribution in [-0.4, -0.2) is 17.9 Å². The van der Waals surface area contributed by atoms with Crippen LogP contribution in [0.2, 0.25) is 0 Å². The molecule has 0 heterocycles. The maximum atomic E-state index is 5.99. The summed E-state index contributed by atoms with van der Waals surface area (Å²) < 4.78 is 0. The molecule has 0 radical (unpaired) electrons. The van der Waals surface area contributed by atoms with Gasteiger partial charge in [-0.25, -0.2) is 0 Å². The van der Waals surface area contributed by atoms with Gasteiger partial charge in [0.2, 0.25) is 0 Å². The fourth-order valence-corrected chi connectivity index (χ4v) is 2.93. The van der Waals surface area contributed by atoms with E-state index < -0.39 is 0 Å². The Balaban J connectivity index is 2.33. The van der Waals surface area contributed by atoms with Crippen molar-refractivity contribution in [2.24, 2.45) is 5.41 Å². The van der Waals surface area contributed by atoms with E-state index in [4.69, 9.17) is 11.6 Å². The first-order valence-electron chi connectivity index (χ1n) is 4.38. The van der Waals surface area contributed by atoms with Crippen LogP contribution in [0.15, 0.2) is 0 Å². The highest BCUT2D eigenvalue weighted by atomic mass is 35.5. The first-order chi connectivity index (χ1) is 5.33. The fourth-order valence-electron chi connectivity index (χ4n) is 1.89. The second-order valence-corrected chi connectivity index (χ2v) is 4.84. The van der Waals surface area contributed by atoms with Crippen molar-refractivity contribution in [2.45, 2.75) is 32.1 Å². The van der Waals surface area contributed by atoms with Gasteiger partial charge in [-0.05, 0) is 36.7 Å². The molecule has 0 N–H and O–H groups in total. The van der Waals surface area contributed by atoms with E-state index in [2.05, 4.69) is 6.26 Å². The lowest BCUT2D eigenvalue weighted by molar-refractivity contribution is 0.333. The van der Waals surface area contributed by atoms with Crippen molar-refractivity contribution in [3.63, 3.8) is 0 Å². The summed E-state index contributed by atoms with van der Waals surface area (Å²) >= 11 is 7.93. The quantitative estimate of drug-likeness (QED) is 0.615. The molecule has 2 heteroatoms. The van der Waals surface area contributed by atoms with E-state index in [0.29, 0.717) is 5.41 Å². The molecule has 1 saturated carbocycles. The summed E-state index contributed by atoms with van der Waals surface area (Å²) in [4.78, 5) is 0. The number of alkyl halides is 1. The topological polar surface area (TPSA) is 0 Å². The van der Waals surface area contributed by atoms with Crippen LogP contribution in [0.25, 0.3) is 0 Å². The Kier molecular flexibility index (Phi) is 4.08. The Bertz CT molecular complexity index is 108. The van der Waals surface area contributed by atoms with Crippen molar-refractivity contribution >= 4 is 23.4 Å². The summed E-state index contributed by atoms with van der Waals surface area (Å²) in [6, 6.07) is 0. The molecular weight excluding hydrogens is 176 g/mol. The van der Waals surface area contributed by atoms with Crippen LogP contribution in [0.4, 0.5) is 0 Å². The minimum Gasteiger partial charge on any atom is -0.165 e. The van der Waals surface area contributed by atoms with Gasteiger partial charge < -0.3 is 0 Å². The number of hydrogen-bond donors (Lipinski definition) is 0. The van der Waals surface area contributed by atoms with Crippen LogP contribution in [0, 0.1) is 5.41 Å². The van der Waals surface area contributed by atoms with Crippen molar-refractivity contribution < 1.29 is 0 Å². The van der Waals surface area contributed by atoms with Gasteiger partial charge in [0, 0.05) is 5.88 Å². The summed E-state index contributed by atoms with van der Waals surface area (Å²) in [7, 11) is 0. The van der Waals surface area contributed by atoms with Gasteiger partial charge in [-0.1, -0.05) is 12.8 Å². The molecule has 0 aromatic carbocycles. The van der Waals surface area contributed by atoms with Crippen molar-refractivity contribution in [1.82, 2.24) is 0 Å². The summed E-state index contributed by atoms with van der Waals surface area (Å²) in [6.07, 6.45) is 9.06. The van der Waals surface area contributed by atoms with E-state index in [1.165, 1.54) is 37.9 Å². The maximum absolute atomic E-state index is 5.99. The molecule has 0 aliphatic heterocycles. The highest BCUT2D eigenvalue weighted by molar-refractivity contribution is 7.98. The van der Waals surface area contributed by atoms with Crippen molar-refractivity contribution in [1.29, 1.82) is 0 Å². The first kappa shape index (κ1) is 9.73. The minimum absolute atomic E-state index is 0.532. The van der Waals surface area contributed by atoms with Gasteiger partial charge in [-0.3, -0.25) is 0 Å². The third-order valence-corrected chi connectivity index (χ3v) is 3.96. The first-order valence-corrected chi connectivity index (χ1v) is 6.31. The molecule has 0 aromatic heterocycles. The zero-order valence-electron chi connectivity index (χ0n) is 7.24. The lowest BCUT2D eigenvalue weighted by Crippen LogP contribution is -2.19. The average molecular weight is 193 g/mol. The zero-order chi connectivity index (χ0) is 8.16. The molecular formula is C9H17ClS. The Morgan fingerprint density at radius 2 is 2.00 bits per heavy atom. The van der Waals surface area contributed by atoms with E-state index in [-0.39, 0.29) is 0 Å². The predicted molar refractivity (Wildman–Crippen MR) is 54.6 cm³/mol. The molecule has 1 aliphatic rings. The standard InChI is InChI=1S/C9H17ClS/c1-11-7-6-9(8-10)4-2-3-5-9/h2-8H2,1H3. The van der Waals surface area contributed by atoms with Crippen LogP contribution in [0.1, 0.15) is 32.1 Å². The van der Waals surface area contributed by atoms with Gasteiger partial charge in [0.05, 0.1) is 0 Å². The van der Waals surface area contributed by atoms with Gasteiger partial charge in [0.15, 0.2) is 0 Å². The molecule has 0 bridgehead atoms. The predicted octanol–water partition coefficient (Wildman–Crippen LogP) is 3.54. The SMILES string of the molecule is CSCCC1(CCl)CCCC1. The van der Waals surface area contributed by atoms with E-state index in [1.54, 1.807) is 0 Å². The molecule has 0 atom stereocenters. The third-order valence-electron chi connectivity index (χ3n) is 2.78. The van der Waals surface area contributed by atoms with Crippen LogP contribution in [0.5, 0.6) is 0 Å². The summed E-state index contributed by atoms with van der Waals surface area (Å²) in [6.45, 7) is 0. The van der Waals surface area contributed by atoms with E-state index in [9.17, 15) is 0 Å². The Morgan fingerprint density at radius 1 is 1.36 bits per heavy atom. The summed E-state index contributed by atoms with van der Waals surface area (Å²) in [5, 5.41) is 0. The highest BCUT2D eigenvalue weighted by Crippen LogP contribution is 2.42. The van der Waals surface area contributed by atoms with Gasteiger partial charge in [-0.15, -0.1) is 11.6 Å². The number of rotatable bonds is 4. The second-order valence-electron chi connectivity index (χ2n) is 3.58. The molecule has 1 fully saturated rings. The lowest BCUT2D eigenvalue weighted by atomic mass is 9.86. The lowest BCUT2D eigenvalue weighted by Gasteiger charge is -2.25.